The van der Waals surface area contributed by atoms with E-state index >= 15 is 0 Å². The van der Waals surface area contributed by atoms with Gasteiger partial charge in [0.25, 0.3) is 0 Å². The normalized spacial score (nSPS) is 31.9. The molecule has 2 aliphatic rings. The van der Waals surface area contributed by atoms with Crippen molar-refractivity contribution >= 4 is 5.78 Å². The first-order valence-corrected chi connectivity index (χ1v) is 4.19. The van der Waals surface area contributed by atoms with Crippen LogP contribution in [0.25, 0.3) is 0 Å². The van der Waals surface area contributed by atoms with Gasteiger partial charge in [0.2, 0.25) is 0 Å². The highest BCUT2D eigenvalue weighted by Gasteiger charge is 2.28. The molecule has 2 aliphatic heterocycles. The fourth-order valence-electron chi connectivity index (χ4n) is 1.96. The molecule has 0 spiro atoms. The molecule has 1 fully saturated rings. The van der Waals surface area contributed by atoms with Crippen LogP contribution in [-0.4, -0.2) is 29.8 Å². The van der Waals surface area contributed by atoms with E-state index in [0.29, 0.717) is 11.8 Å². The summed E-state index contributed by atoms with van der Waals surface area (Å²) in [6.45, 7) is 4.19. The Hall–Kier alpha value is -0.630. The highest BCUT2D eigenvalue weighted by atomic mass is 16.1. The molecule has 0 radical (unpaired) electrons. The van der Waals surface area contributed by atoms with Gasteiger partial charge in [0.1, 0.15) is 5.78 Å². The Labute approximate surface area is 66.9 Å². The van der Waals surface area contributed by atoms with Gasteiger partial charge >= 0.3 is 0 Å². The summed E-state index contributed by atoms with van der Waals surface area (Å²) in [5.41, 5.74) is 1.42. The van der Waals surface area contributed by atoms with Gasteiger partial charge in [-0.15, -0.1) is 0 Å². The molecule has 2 heterocycles. The second-order valence-corrected chi connectivity index (χ2v) is 3.54. The van der Waals surface area contributed by atoms with E-state index in [9.17, 15) is 4.79 Å². The van der Waals surface area contributed by atoms with Crippen molar-refractivity contribution in [1.82, 2.24) is 4.90 Å². The molecule has 0 aliphatic carbocycles. The number of rotatable bonds is 0. The first-order valence-electron chi connectivity index (χ1n) is 4.19. The first-order chi connectivity index (χ1) is 5.25. The molecule has 60 valence electrons. The summed E-state index contributed by atoms with van der Waals surface area (Å²) in [5, 5.41) is 0. The molecule has 0 amide bonds. The van der Waals surface area contributed by atoms with Crippen LogP contribution in [-0.2, 0) is 4.79 Å². The minimum absolute atomic E-state index is 0.428. The van der Waals surface area contributed by atoms with Crippen LogP contribution < -0.4 is 0 Å². The van der Waals surface area contributed by atoms with E-state index in [1.807, 2.05) is 0 Å². The maximum Gasteiger partial charge on any atom is 0.136 e. The molecule has 2 rings (SSSR count). The third-order valence-corrected chi connectivity index (χ3v) is 2.51. The quantitative estimate of drug-likeness (QED) is 0.481. The van der Waals surface area contributed by atoms with E-state index in [-0.39, 0.29) is 0 Å². The van der Waals surface area contributed by atoms with Crippen LogP contribution in [0.3, 0.4) is 0 Å². The number of hydrogen-bond acceptors (Lipinski definition) is 2. The summed E-state index contributed by atoms with van der Waals surface area (Å²) in [6, 6.07) is 0.441. The monoisotopic (exact) mass is 151 g/mol. The molecule has 1 saturated heterocycles. The summed E-state index contributed by atoms with van der Waals surface area (Å²) in [6.07, 6.45) is 3.74. The molecule has 0 aromatic heterocycles. The van der Waals surface area contributed by atoms with Crippen molar-refractivity contribution in [2.24, 2.45) is 0 Å². The third kappa shape index (κ3) is 1.23. The van der Waals surface area contributed by atoms with Gasteiger partial charge in [-0.3, -0.25) is 9.69 Å². The lowest BCUT2D eigenvalue weighted by Crippen LogP contribution is -2.38. The van der Waals surface area contributed by atoms with Gasteiger partial charge in [-0.05, 0) is 6.92 Å². The molecule has 0 aromatic carbocycles. The van der Waals surface area contributed by atoms with Gasteiger partial charge in [0.05, 0.1) is 0 Å². The number of ketones is 1. The number of Topliss-reactive ketones (excluding diaryl/α,β-unsaturated/α-hetero) is 1. The largest absolute Gasteiger partial charge is 0.300 e. The summed E-state index contributed by atoms with van der Waals surface area (Å²) in [4.78, 5) is 13.4. The average molecular weight is 151 g/mol. The van der Waals surface area contributed by atoms with E-state index in [2.05, 4.69) is 17.9 Å². The van der Waals surface area contributed by atoms with Crippen molar-refractivity contribution in [3.05, 3.63) is 11.6 Å². The zero-order chi connectivity index (χ0) is 7.84. The Bertz CT molecular complexity index is 220. The molecule has 0 saturated carbocycles. The van der Waals surface area contributed by atoms with E-state index in [0.717, 1.165) is 25.9 Å². The Kier molecular flexibility index (Phi) is 1.57. The minimum atomic E-state index is 0.428. The lowest BCUT2D eigenvalue weighted by atomic mass is 10.0. The standard InChI is InChI=1S/C9H13NO/c1-7-4-8-5-9(11)2-3-10(8)6-7/h4,8H,2-3,5-6H2,1H3/t8-/m1/s1. The van der Waals surface area contributed by atoms with Crippen LogP contribution in [0.5, 0.6) is 0 Å². The fourth-order valence-corrected chi connectivity index (χ4v) is 1.96. The van der Waals surface area contributed by atoms with Gasteiger partial charge in [-0.2, -0.15) is 0 Å². The van der Waals surface area contributed by atoms with Crippen LogP contribution >= 0.6 is 0 Å². The fraction of sp³-hybridized carbons (Fsp3) is 0.667. The zero-order valence-electron chi connectivity index (χ0n) is 6.84. The molecular formula is C9H13NO. The van der Waals surface area contributed by atoms with Gasteiger partial charge in [0, 0.05) is 32.0 Å². The Morgan fingerprint density at radius 3 is 3.27 bits per heavy atom. The molecule has 1 atom stereocenters. The Morgan fingerprint density at radius 1 is 1.64 bits per heavy atom. The number of fused-ring (bicyclic) bond motifs is 1. The lowest BCUT2D eigenvalue weighted by molar-refractivity contribution is -0.122. The highest BCUT2D eigenvalue weighted by molar-refractivity contribution is 5.80. The number of carbonyl (C=O) groups excluding carboxylic acids is 1. The predicted molar refractivity (Wildman–Crippen MR) is 43.4 cm³/mol. The summed E-state index contributed by atoms with van der Waals surface area (Å²) >= 11 is 0. The van der Waals surface area contributed by atoms with E-state index in [4.69, 9.17) is 0 Å². The second kappa shape index (κ2) is 2.45. The first kappa shape index (κ1) is 7.04. The molecule has 0 aromatic rings. The molecule has 2 nitrogen and oxygen atoms in total. The minimum Gasteiger partial charge on any atom is -0.300 e. The van der Waals surface area contributed by atoms with Gasteiger partial charge in [-0.1, -0.05) is 11.6 Å². The topological polar surface area (TPSA) is 20.3 Å². The zero-order valence-corrected chi connectivity index (χ0v) is 6.84. The van der Waals surface area contributed by atoms with Crippen molar-refractivity contribution in [3.8, 4) is 0 Å². The SMILES string of the molecule is CC1=C[C@@H]2CC(=O)CCN2C1. The summed E-state index contributed by atoms with van der Waals surface area (Å²) in [5.74, 6) is 0.428. The van der Waals surface area contributed by atoms with E-state index in [1.165, 1.54) is 5.57 Å². The van der Waals surface area contributed by atoms with Crippen molar-refractivity contribution in [1.29, 1.82) is 0 Å². The van der Waals surface area contributed by atoms with Crippen LogP contribution in [0.4, 0.5) is 0 Å². The van der Waals surface area contributed by atoms with Crippen LogP contribution in [0.1, 0.15) is 19.8 Å². The van der Waals surface area contributed by atoms with Crippen molar-refractivity contribution in [3.63, 3.8) is 0 Å². The van der Waals surface area contributed by atoms with E-state index < -0.39 is 0 Å². The van der Waals surface area contributed by atoms with Gasteiger partial charge < -0.3 is 0 Å². The average Bonchev–Trinajstić information content (AvgIpc) is 2.27. The van der Waals surface area contributed by atoms with Gasteiger partial charge in [0.15, 0.2) is 0 Å². The molecule has 11 heavy (non-hydrogen) atoms. The van der Waals surface area contributed by atoms with Crippen molar-refractivity contribution in [2.45, 2.75) is 25.8 Å². The Morgan fingerprint density at radius 2 is 2.45 bits per heavy atom. The maximum atomic E-state index is 11.1. The van der Waals surface area contributed by atoms with Crippen LogP contribution in [0.2, 0.25) is 0 Å². The maximum absolute atomic E-state index is 11.1. The molecule has 0 N–H and O–H groups in total. The number of piperidine rings is 1. The lowest BCUT2D eigenvalue weighted by Gasteiger charge is -2.27. The summed E-state index contributed by atoms with van der Waals surface area (Å²) < 4.78 is 0. The molecule has 0 unspecified atom stereocenters. The Balaban J connectivity index is 2.10. The molecular weight excluding hydrogens is 138 g/mol. The van der Waals surface area contributed by atoms with E-state index in [1.54, 1.807) is 0 Å². The third-order valence-electron chi connectivity index (χ3n) is 2.51. The van der Waals surface area contributed by atoms with Gasteiger partial charge in [-0.25, -0.2) is 0 Å². The number of hydrogen-bond donors (Lipinski definition) is 0. The smallest absolute Gasteiger partial charge is 0.136 e. The molecule has 0 bridgehead atoms. The van der Waals surface area contributed by atoms with Crippen molar-refractivity contribution in [2.75, 3.05) is 13.1 Å². The number of carbonyl (C=O) groups is 1. The predicted octanol–water partition coefficient (Wildman–Crippen LogP) is 0.980. The number of nitrogens with zero attached hydrogens (tertiary/aromatic N) is 1. The summed E-state index contributed by atoms with van der Waals surface area (Å²) in [7, 11) is 0. The second-order valence-electron chi connectivity index (χ2n) is 3.54. The van der Waals surface area contributed by atoms with Crippen LogP contribution in [0, 0.1) is 0 Å². The highest BCUT2D eigenvalue weighted by Crippen LogP contribution is 2.23. The molecule has 2 heteroatoms. The van der Waals surface area contributed by atoms with Crippen LogP contribution in [0.15, 0.2) is 11.6 Å². The van der Waals surface area contributed by atoms with Crippen molar-refractivity contribution < 1.29 is 4.79 Å².